The average Bonchev–Trinajstić information content (AvgIpc) is 2.64. The van der Waals surface area contributed by atoms with Crippen LogP contribution in [0.3, 0.4) is 0 Å². The predicted octanol–water partition coefficient (Wildman–Crippen LogP) is 3.41. The minimum absolute atomic E-state index is 0.596. The fraction of sp³-hybridized carbons (Fsp3) is 0.769. The summed E-state index contributed by atoms with van der Waals surface area (Å²) in [5, 5.41) is 3.53. The molecule has 0 saturated heterocycles. The molecular formula is C13H24N2S. The van der Waals surface area contributed by atoms with Crippen LogP contribution in [0.4, 0.5) is 0 Å². The average molecular weight is 240 g/mol. The van der Waals surface area contributed by atoms with Crippen LogP contribution in [0.25, 0.3) is 0 Å². The van der Waals surface area contributed by atoms with Gasteiger partial charge in [0.2, 0.25) is 0 Å². The molecule has 1 aromatic heterocycles. The van der Waals surface area contributed by atoms with Crippen LogP contribution in [0.2, 0.25) is 0 Å². The Kier molecular flexibility index (Phi) is 5.99. The Hall–Kier alpha value is -0.410. The molecule has 1 N–H and O–H groups in total. The molecule has 1 atom stereocenters. The van der Waals surface area contributed by atoms with Gasteiger partial charge in [-0.05, 0) is 32.2 Å². The zero-order chi connectivity index (χ0) is 12.0. The molecule has 0 aromatic carbocycles. The van der Waals surface area contributed by atoms with Crippen LogP contribution in [-0.4, -0.2) is 17.6 Å². The first kappa shape index (κ1) is 13.7. The molecule has 0 radical (unpaired) electrons. The number of thiazole rings is 1. The number of hydrogen-bond donors (Lipinski definition) is 1. The van der Waals surface area contributed by atoms with E-state index in [1.807, 2.05) is 5.51 Å². The predicted molar refractivity (Wildman–Crippen MR) is 72.1 cm³/mol. The highest BCUT2D eigenvalue weighted by Crippen LogP contribution is 2.18. The summed E-state index contributed by atoms with van der Waals surface area (Å²) in [6.07, 6.45) is 3.73. The molecule has 3 heteroatoms. The van der Waals surface area contributed by atoms with Crippen LogP contribution in [0.5, 0.6) is 0 Å². The van der Waals surface area contributed by atoms with Gasteiger partial charge in [0.15, 0.2) is 0 Å². The summed E-state index contributed by atoms with van der Waals surface area (Å²) in [4.78, 5) is 5.76. The first-order valence-electron chi connectivity index (χ1n) is 6.25. The second-order valence-corrected chi connectivity index (χ2v) is 5.68. The van der Waals surface area contributed by atoms with Gasteiger partial charge in [-0.3, -0.25) is 0 Å². The van der Waals surface area contributed by atoms with E-state index in [1.54, 1.807) is 11.3 Å². The van der Waals surface area contributed by atoms with Gasteiger partial charge in [-0.25, -0.2) is 4.98 Å². The lowest BCUT2D eigenvalue weighted by Gasteiger charge is -2.17. The third-order valence-electron chi connectivity index (χ3n) is 3.02. The van der Waals surface area contributed by atoms with Gasteiger partial charge in [0, 0.05) is 10.9 Å². The summed E-state index contributed by atoms with van der Waals surface area (Å²) in [6, 6.07) is 0.596. The summed E-state index contributed by atoms with van der Waals surface area (Å²) >= 11 is 1.79. The molecule has 1 aromatic rings. The molecule has 16 heavy (non-hydrogen) atoms. The van der Waals surface area contributed by atoms with Crippen molar-refractivity contribution in [2.75, 3.05) is 6.54 Å². The molecule has 0 bridgehead atoms. The van der Waals surface area contributed by atoms with Gasteiger partial charge < -0.3 is 5.32 Å². The van der Waals surface area contributed by atoms with Crippen molar-refractivity contribution in [1.82, 2.24) is 10.3 Å². The summed E-state index contributed by atoms with van der Waals surface area (Å²) in [7, 11) is 0. The zero-order valence-corrected chi connectivity index (χ0v) is 11.7. The Morgan fingerprint density at radius 3 is 2.69 bits per heavy atom. The Bertz CT molecular complexity index is 294. The van der Waals surface area contributed by atoms with Crippen molar-refractivity contribution >= 4 is 11.3 Å². The summed E-state index contributed by atoms with van der Waals surface area (Å²) in [5.74, 6) is 0.795. The minimum Gasteiger partial charge on any atom is -0.314 e. The van der Waals surface area contributed by atoms with Gasteiger partial charge >= 0.3 is 0 Å². The largest absolute Gasteiger partial charge is 0.314 e. The second kappa shape index (κ2) is 7.02. The minimum atomic E-state index is 0.596. The van der Waals surface area contributed by atoms with Crippen molar-refractivity contribution in [3.05, 3.63) is 16.1 Å². The molecule has 1 heterocycles. The maximum Gasteiger partial charge on any atom is 0.0797 e. The van der Waals surface area contributed by atoms with Crippen LogP contribution in [-0.2, 0) is 6.42 Å². The van der Waals surface area contributed by atoms with E-state index in [0.29, 0.717) is 6.04 Å². The van der Waals surface area contributed by atoms with Crippen LogP contribution in [0.15, 0.2) is 5.51 Å². The third-order valence-corrected chi connectivity index (χ3v) is 4.01. The van der Waals surface area contributed by atoms with Crippen molar-refractivity contribution in [3.63, 3.8) is 0 Å². The normalized spacial score (nSPS) is 13.3. The standard InChI is InChI=1S/C13H24N2S/c1-5-12(8-14-10(2)3)6-7-13-11(4)15-9-16-13/h9-10,12,14H,5-8H2,1-4H3. The number of rotatable bonds is 7. The molecule has 92 valence electrons. The monoisotopic (exact) mass is 240 g/mol. The number of nitrogens with one attached hydrogen (secondary N) is 1. The first-order chi connectivity index (χ1) is 7.63. The van der Waals surface area contributed by atoms with Gasteiger partial charge in [-0.1, -0.05) is 27.2 Å². The van der Waals surface area contributed by atoms with E-state index in [-0.39, 0.29) is 0 Å². The lowest BCUT2D eigenvalue weighted by Crippen LogP contribution is -2.29. The fourth-order valence-electron chi connectivity index (χ4n) is 1.75. The maximum absolute atomic E-state index is 4.30. The van der Waals surface area contributed by atoms with Crippen LogP contribution in [0.1, 0.15) is 44.2 Å². The van der Waals surface area contributed by atoms with E-state index in [4.69, 9.17) is 0 Å². The molecule has 1 rings (SSSR count). The number of hydrogen-bond acceptors (Lipinski definition) is 3. The van der Waals surface area contributed by atoms with Crippen LogP contribution < -0.4 is 5.32 Å². The van der Waals surface area contributed by atoms with Gasteiger partial charge in [-0.15, -0.1) is 11.3 Å². The molecule has 0 aliphatic heterocycles. The van der Waals surface area contributed by atoms with Crippen molar-refractivity contribution in [2.24, 2.45) is 5.92 Å². The lowest BCUT2D eigenvalue weighted by atomic mass is 9.99. The molecule has 0 aliphatic rings. The molecule has 1 unspecified atom stereocenters. The smallest absolute Gasteiger partial charge is 0.0797 e. The molecule has 0 amide bonds. The molecule has 0 fully saturated rings. The van der Waals surface area contributed by atoms with E-state index in [9.17, 15) is 0 Å². The van der Waals surface area contributed by atoms with Crippen molar-refractivity contribution in [1.29, 1.82) is 0 Å². The fourth-order valence-corrected chi connectivity index (χ4v) is 2.55. The van der Waals surface area contributed by atoms with Gasteiger partial charge in [0.25, 0.3) is 0 Å². The van der Waals surface area contributed by atoms with E-state index < -0.39 is 0 Å². The highest BCUT2D eigenvalue weighted by atomic mass is 32.1. The molecular weight excluding hydrogens is 216 g/mol. The van der Waals surface area contributed by atoms with Crippen molar-refractivity contribution in [3.8, 4) is 0 Å². The summed E-state index contributed by atoms with van der Waals surface area (Å²) in [5.41, 5.74) is 3.18. The Morgan fingerprint density at radius 1 is 1.44 bits per heavy atom. The summed E-state index contributed by atoms with van der Waals surface area (Å²) in [6.45, 7) is 9.96. The highest BCUT2D eigenvalue weighted by Gasteiger charge is 2.09. The number of aryl methyl sites for hydroxylation is 2. The topological polar surface area (TPSA) is 24.9 Å². The Labute approximate surface area is 103 Å². The molecule has 2 nitrogen and oxygen atoms in total. The highest BCUT2D eigenvalue weighted by molar-refractivity contribution is 7.09. The van der Waals surface area contributed by atoms with Gasteiger partial charge in [0.1, 0.15) is 0 Å². The molecule has 0 saturated carbocycles. The van der Waals surface area contributed by atoms with E-state index in [1.165, 1.54) is 29.8 Å². The van der Waals surface area contributed by atoms with E-state index in [2.05, 4.69) is 38.0 Å². The molecule has 0 aliphatic carbocycles. The van der Waals surface area contributed by atoms with Crippen LogP contribution >= 0.6 is 11.3 Å². The SMILES string of the molecule is CCC(CCc1scnc1C)CNC(C)C. The van der Waals surface area contributed by atoms with Gasteiger partial charge in [-0.2, -0.15) is 0 Å². The second-order valence-electron chi connectivity index (χ2n) is 4.74. The lowest BCUT2D eigenvalue weighted by molar-refractivity contribution is 0.414. The zero-order valence-electron chi connectivity index (χ0n) is 10.9. The quantitative estimate of drug-likeness (QED) is 0.790. The number of nitrogens with zero attached hydrogens (tertiary/aromatic N) is 1. The summed E-state index contributed by atoms with van der Waals surface area (Å²) < 4.78 is 0. The van der Waals surface area contributed by atoms with Crippen LogP contribution in [0, 0.1) is 12.8 Å². The molecule has 0 spiro atoms. The van der Waals surface area contributed by atoms with Gasteiger partial charge in [0.05, 0.1) is 11.2 Å². The maximum atomic E-state index is 4.30. The number of aromatic nitrogens is 1. The third kappa shape index (κ3) is 4.62. The first-order valence-corrected chi connectivity index (χ1v) is 7.13. The Morgan fingerprint density at radius 2 is 2.19 bits per heavy atom. The van der Waals surface area contributed by atoms with E-state index >= 15 is 0 Å². The van der Waals surface area contributed by atoms with Crippen molar-refractivity contribution < 1.29 is 0 Å². The Balaban J connectivity index is 2.31. The van der Waals surface area contributed by atoms with Crippen molar-refractivity contribution in [2.45, 2.75) is 53.0 Å². The van der Waals surface area contributed by atoms with E-state index in [0.717, 1.165) is 12.5 Å².